The number of nitro benzene ring substituents is 1. The molecule has 8 heteroatoms. The molecule has 1 rings (SSSR count). The van der Waals surface area contributed by atoms with E-state index in [1.165, 1.54) is 6.92 Å². The normalized spacial score (nSPS) is 13.3. The van der Waals surface area contributed by atoms with E-state index in [1.54, 1.807) is 0 Å². The number of sulfone groups is 1. The van der Waals surface area contributed by atoms with Crippen LogP contribution in [0.1, 0.15) is 13.3 Å². The molecule has 1 aromatic carbocycles. The molecule has 0 aliphatic rings. The molecule has 0 aliphatic heterocycles. The highest BCUT2D eigenvalue weighted by Gasteiger charge is 2.30. The number of halogens is 2. The zero-order valence-corrected chi connectivity index (χ0v) is 11.0. The number of rotatable bonds is 5. The number of nitro groups is 1. The molecule has 0 bridgehead atoms. The van der Waals surface area contributed by atoms with Gasteiger partial charge in [-0.2, -0.15) is 0 Å². The minimum Gasteiger partial charge on any atom is -0.258 e. The lowest BCUT2D eigenvalue weighted by molar-refractivity contribution is -0.388. The van der Waals surface area contributed by atoms with Crippen molar-refractivity contribution >= 4 is 27.1 Å². The third-order valence-corrected chi connectivity index (χ3v) is 4.94. The lowest BCUT2D eigenvalue weighted by atomic mass is 10.3. The number of alkyl halides is 1. The summed E-state index contributed by atoms with van der Waals surface area (Å²) in [5.74, 6) is -0.735. The predicted octanol–water partition coefficient (Wildman–Crippen LogP) is 2.53. The number of hydrogen-bond donors (Lipinski definition) is 0. The summed E-state index contributed by atoms with van der Waals surface area (Å²) in [6, 6.07) is 2.39. The Morgan fingerprint density at radius 2 is 2.11 bits per heavy atom. The van der Waals surface area contributed by atoms with Crippen LogP contribution >= 0.6 is 11.6 Å². The van der Waals surface area contributed by atoms with Gasteiger partial charge in [0, 0.05) is 5.88 Å². The second-order valence-electron chi connectivity index (χ2n) is 3.70. The van der Waals surface area contributed by atoms with Gasteiger partial charge in [0.05, 0.1) is 16.2 Å². The molecule has 0 radical (unpaired) electrons. The molecule has 0 aliphatic carbocycles. The average molecular weight is 296 g/mol. The zero-order chi connectivity index (χ0) is 13.9. The lowest BCUT2D eigenvalue weighted by Gasteiger charge is -2.11. The molecular weight excluding hydrogens is 285 g/mol. The first-order valence-electron chi connectivity index (χ1n) is 5.04. The maximum absolute atomic E-state index is 12.9. The summed E-state index contributed by atoms with van der Waals surface area (Å²) in [4.78, 5) is 9.36. The Labute approximate surface area is 109 Å². The highest BCUT2D eigenvalue weighted by molar-refractivity contribution is 7.92. The van der Waals surface area contributed by atoms with E-state index in [4.69, 9.17) is 11.6 Å². The first-order chi connectivity index (χ1) is 8.30. The van der Waals surface area contributed by atoms with Crippen LogP contribution in [0.2, 0.25) is 0 Å². The Morgan fingerprint density at radius 3 is 2.61 bits per heavy atom. The van der Waals surface area contributed by atoms with Gasteiger partial charge in [-0.3, -0.25) is 10.1 Å². The molecule has 0 saturated heterocycles. The monoisotopic (exact) mass is 295 g/mol. The summed E-state index contributed by atoms with van der Waals surface area (Å²) in [7, 11) is -3.89. The lowest BCUT2D eigenvalue weighted by Crippen LogP contribution is -2.19. The van der Waals surface area contributed by atoms with Crippen molar-refractivity contribution in [3.8, 4) is 0 Å². The van der Waals surface area contributed by atoms with E-state index in [2.05, 4.69) is 0 Å². The molecule has 18 heavy (non-hydrogen) atoms. The van der Waals surface area contributed by atoms with Crippen LogP contribution < -0.4 is 0 Å². The maximum Gasteiger partial charge on any atom is 0.290 e. The molecule has 5 nitrogen and oxygen atoms in total. The van der Waals surface area contributed by atoms with Gasteiger partial charge in [0.15, 0.2) is 9.84 Å². The third-order valence-electron chi connectivity index (χ3n) is 2.47. The van der Waals surface area contributed by atoms with Gasteiger partial charge in [-0.15, -0.1) is 11.6 Å². The summed E-state index contributed by atoms with van der Waals surface area (Å²) >= 11 is 5.46. The summed E-state index contributed by atoms with van der Waals surface area (Å²) in [6.07, 6.45) is 0.165. The SMILES string of the molecule is CC(CCCl)S(=O)(=O)c1ccc(F)cc1[N+](=O)[O-]. The molecule has 0 heterocycles. The largest absolute Gasteiger partial charge is 0.290 e. The van der Waals surface area contributed by atoms with E-state index in [1.807, 2.05) is 0 Å². The first-order valence-corrected chi connectivity index (χ1v) is 7.12. The quantitative estimate of drug-likeness (QED) is 0.362. The van der Waals surface area contributed by atoms with Gasteiger partial charge in [-0.25, -0.2) is 12.8 Å². The summed E-state index contributed by atoms with van der Waals surface area (Å²) in [5, 5.41) is 9.89. The maximum atomic E-state index is 12.9. The second-order valence-corrected chi connectivity index (χ2v) is 6.41. The fourth-order valence-electron chi connectivity index (χ4n) is 1.40. The predicted molar refractivity (Wildman–Crippen MR) is 65.0 cm³/mol. The molecule has 0 saturated carbocycles. The number of benzene rings is 1. The first kappa shape index (κ1) is 14.8. The molecule has 0 N–H and O–H groups in total. The highest BCUT2D eigenvalue weighted by atomic mass is 35.5. The van der Waals surface area contributed by atoms with Crippen LogP contribution in [0.3, 0.4) is 0 Å². The van der Waals surface area contributed by atoms with Gasteiger partial charge in [-0.1, -0.05) is 0 Å². The van der Waals surface area contributed by atoms with Crippen molar-refractivity contribution in [2.24, 2.45) is 0 Å². The van der Waals surface area contributed by atoms with Gasteiger partial charge >= 0.3 is 0 Å². The smallest absolute Gasteiger partial charge is 0.258 e. The number of nitrogens with zero attached hydrogens (tertiary/aromatic N) is 1. The van der Waals surface area contributed by atoms with Gasteiger partial charge in [0.1, 0.15) is 10.7 Å². The van der Waals surface area contributed by atoms with Crippen molar-refractivity contribution in [2.45, 2.75) is 23.5 Å². The minimum atomic E-state index is -3.89. The third kappa shape index (κ3) is 2.97. The molecular formula is C10H11ClFNO4S. The Morgan fingerprint density at radius 1 is 1.50 bits per heavy atom. The fourth-order valence-corrected chi connectivity index (χ4v) is 3.40. The molecule has 0 aromatic heterocycles. The minimum absolute atomic E-state index is 0.120. The van der Waals surface area contributed by atoms with Gasteiger partial charge in [0.2, 0.25) is 0 Å². The van der Waals surface area contributed by atoms with Crippen LogP contribution in [-0.2, 0) is 9.84 Å². The van der Waals surface area contributed by atoms with E-state index in [9.17, 15) is 22.9 Å². The van der Waals surface area contributed by atoms with Gasteiger partial charge in [0.25, 0.3) is 5.69 Å². The van der Waals surface area contributed by atoms with Crippen LogP contribution in [0.15, 0.2) is 23.1 Å². The summed E-state index contributed by atoms with van der Waals surface area (Å²) < 4.78 is 37.1. The second kappa shape index (κ2) is 5.62. The Balaban J connectivity index is 3.37. The van der Waals surface area contributed by atoms with E-state index >= 15 is 0 Å². The average Bonchev–Trinajstić information content (AvgIpc) is 2.28. The molecule has 1 atom stereocenters. The Bertz CT molecular complexity index is 561. The van der Waals surface area contributed by atoms with Crippen LogP contribution in [0.25, 0.3) is 0 Å². The zero-order valence-electron chi connectivity index (χ0n) is 9.47. The Kier molecular flexibility index (Phi) is 4.64. The van der Waals surface area contributed by atoms with Crippen molar-refractivity contribution in [3.63, 3.8) is 0 Å². The molecule has 1 unspecified atom stereocenters. The fraction of sp³-hybridized carbons (Fsp3) is 0.400. The van der Waals surface area contributed by atoms with Crippen molar-refractivity contribution < 1.29 is 17.7 Å². The van der Waals surface area contributed by atoms with Crippen LogP contribution in [0.5, 0.6) is 0 Å². The van der Waals surface area contributed by atoms with E-state index in [0.29, 0.717) is 6.07 Å². The standard InChI is InChI=1S/C10H11ClFNO4S/c1-7(4-5-11)18(16,17)10-3-2-8(12)6-9(10)13(14)15/h2-3,6-7H,4-5H2,1H3. The van der Waals surface area contributed by atoms with Crippen molar-refractivity contribution in [2.75, 3.05) is 5.88 Å². The topological polar surface area (TPSA) is 77.3 Å². The molecule has 0 spiro atoms. The van der Waals surface area contributed by atoms with Crippen LogP contribution in [-0.4, -0.2) is 24.5 Å². The van der Waals surface area contributed by atoms with Crippen LogP contribution in [0.4, 0.5) is 10.1 Å². The summed E-state index contributed by atoms with van der Waals surface area (Å²) in [5.41, 5.74) is -0.753. The van der Waals surface area contributed by atoms with Crippen LogP contribution in [0, 0.1) is 15.9 Å². The molecule has 0 fully saturated rings. The van der Waals surface area contributed by atoms with Gasteiger partial charge in [-0.05, 0) is 25.5 Å². The van der Waals surface area contributed by atoms with E-state index < -0.39 is 36.4 Å². The van der Waals surface area contributed by atoms with Crippen molar-refractivity contribution in [3.05, 3.63) is 34.1 Å². The Hall–Kier alpha value is -1.21. The van der Waals surface area contributed by atoms with E-state index in [0.717, 1.165) is 12.1 Å². The molecule has 0 amide bonds. The van der Waals surface area contributed by atoms with E-state index in [-0.39, 0.29) is 12.3 Å². The van der Waals surface area contributed by atoms with Crippen molar-refractivity contribution in [1.29, 1.82) is 0 Å². The summed E-state index contributed by atoms with van der Waals surface area (Å²) in [6.45, 7) is 1.41. The van der Waals surface area contributed by atoms with Gasteiger partial charge < -0.3 is 0 Å². The highest BCUT2D eigenvalue weighted by Crippen LogP contribution is 2.28. The molecule has 1 aromatic rings. The van der Waals surface area contributed by atoms with Crippen molar-refractivity contribution in [1.82, 2.24) is 0 Å². The number of hydrogen-bond acceptors (Lipinski definition) is 4. The molecule has 100 valence electrons.